The van der Waals surface area contributed by atoms with Crippen LogP contribution in [0.25, 0.3) is 0 Å². The molecule has 0 spiro atoms. The van der Waals surface area contributed by atoms with Crippen molar-refractivity contribution >= 4 is 0 Å². The standard InChI is InChI=1S/C12H18N2O2/c15-12(9-4-5-9)10-7-13-14(8-10)11-3-1-2-6-16-11/h7-9,11-12,15H,1-6H2. The molecule has 16 heavy (non-hydrogen) atoms. The van der Waals surface area contributed by atoms with Gasteiger partial charge in [-0.15, -0.1) is 0 Å². The number of aliphatic hydroxyl groups excluding tert-OH is 1. The summed E-state index contributed by atoms with van der Waals surface area (Å²) in [5.41, 5.74) is 0.941. The van der Waals surface area contributed by atoms with Crippen LogP contribution >= 0.6 is 0 Å². The fourth-order valence-corrected chi connectivity index (χ4v) is 2.28. The van der Waals surface area contributed by atoms with Gasteiger partial charge in [0.25, 0.3) is 0 Å². The van der Waals surface area contributed by atoms with E-state index in [0.29, 0.717) is 5.92 Å². The second-order valence-electron chi connectivity index (χ2n) is 4.86. The number of hydrogen-bond donors (Lipinski definition) is 1. The highest BCUT2D eigenvalue weighted by atomic mass is 16.5. The van der Waals surface area contributed by atoms with Gasteiger partial charge in [-0.25, -0.2) is 4.68 Å². The Hall–Kier alpha value is -0.870. The van der Waals surface area contributed by atoms with Crippen molar-refractivity contribution in [2.75, 3.05) is 6.61 Å². The molecule has 2 aliphatic rings. The minimum Gasteiger partial charge on any atom is -0.388 e. The van der Waals surface area contributed by atoms with E-state index in [-0.39, 0.29) is 12.3 Å². The predicted octanol–water partition coefficient (Wildman–Crippen LogP) is 2.03. The zero-order valence-electron chi connectivity index (χ0n) is 9.38. The maximum atomic E-state index is 9.98. The van der Waals surface area contributed by atoms with Gasteiger partial charge in [0, 0.05) is 18.4 Å². The maximum Gasteiger partial charge on any atom is 0.150 e. The molecular weight excluding hydrogens is 204 g/mol. The van der Waals surface area contributed by atoms with Crippen LogP contribution in [0.1, 0.15) is 50.0 Å². The fourth-order valence-electron chi connectivity index (χ4n) is 2.28. The molecule has 1 N–H and O–H groups in total. The monoisotopic (exact) mass is 222 g/mol. The highest BCUT2D eigenvalue weighted by Gasteiger charge is 2.31. The highest BCUT2D eigenvalue weighted by molar-refractivity contribution is 5.11. The quantitative estimate of drug-likeness (QED) is 0.851. The first kappa shape index (κ1) is 10.3. The van der Waals surface area contributed by atoms with Crippen LogP contribution in [0.2, 0.25) is 0 Å². The van der Waals surface area contributed by atoms with Crippen LogP contribution in [-0.2, 0) is 4.74 Å². The number of ether oxygens (including phenoxy) is 1. The molecule has 1 saturated heterocycles. The van der Waals surface area contributed by atoms with Crippen LogP contribution in [0.3, 0.4) is 0 Å². The van der Waals surface area contributed by atoms with Gasteiger partial charge in [0.2, 0.25) is 0 Å². The Labute approximate surface area is 95.2 Å². The summed E-state index contributed by atoms with van der Waals surface area (Å²) >= 11 is 0. The highest BCUT2D eigenvalue weighted by Crippen LogP contribution is 2.40. The van der Waals surface area contributed by atoms with Crippen molar-refractivity contribution in [2.45, 2.75) is 44.4 Å². The molecule has 2 unspecified atom stereocenters. The maximum absolute atomic E-state index is 9.98. The van der Waals surface area contributed by atoms with Gasteiger partial charge in [0.1, 0.15) is 6.23 Å². The number of nitrogens with zero attached hydrogens (tertiary/aromatic N) is 2. The Morgan fingerprint density at radius 1 is 1.38 bits per heavy atom. The predicted molar refractivity (Wildman–Crippen MR) is 58.8 cm³/mol. The van der Waals surface area contributed by atoms with Crippen molar-refractivity contribution in [2.24, 2.45) is 5.92 Å². The molecule has 0 bridgehead atoms. The molecule has 2 fully saturated rings. The van der Waals surface area contributed by atoms with E-state index in [9.17, 15) is 5.11 Å². The van der Waals surface area contributed by atoms with Gasteiger partial charge in [0.15, 0.2) is 0 Å². The van der Waals surface area contributed by atoms with Gasteiger partial charge < -0.3 is 9.84 Å². The van der Waals surface area contributed by atoms with Crippen molar-refractivity contribution in [3.63, 3.8) is 0 Å². The summed E-state index contributed by atoms with van der Waals surface area (Å²) in [6, 6.07) is 0. The van der Waals surface area contributed by atoms with E-state index in [4.69, 9.17) is 4.74 Å². The minimum atomic E-state index is -0.322. The Morgan fingerprint density at radius 2 is 2.25 bits per heavy atom. The van der Waals surface area contributed by atoms with Crippen LogP contribution in [0.4, 0.5) is 0 Å². The molecule has 0 aromatic carbocycles. The van der Waals surface area contributed by atoms with E-state index < -0.39 is 0 Å². The van der Waals surface area contributed by atoms with E-state index in [1.165, 1.54) is 6.42 Å². The number of aromatic nitrogens is 2. The van der Waals surface area contributed by atoms with Crippen LogP contribution in [-0.4, -0.2) is 21.5 Å². The molecule has 1 aromatic rings. The molecule has 4 nitrogen and oxygen atoms in total. The molecule has 88 valence electrons. The molecule has 3 rings (SSSR count). The van der Waals surface area contributed by atoms with Gasteiger partial charge in [-0.05, 0) is 38.0 Å². The largest absolute Gasteiger partial charge is 0.388 e. The van der Waals surface area contributed by atoms with E-state index in [1.807, 2.05) is 10.9 Å². The van der Waals surface area contributed by atoms with Crippen LogP contribution < -0.4 is 0 Å². The number of rotatable bonds is 3. The van der Waals surface area contributed by atoms with E-state index in [2.05, 4.69) is 5.10 Å². The topological polar surface area (TPSA) is 47.3 Å². The smallest absolute Gasteiger partial charge is 0.150 e. The van der Waals surface area contributed by atoms with Crippen molar-refractivity contribution in [1.82, 2.24) is 9.78 Å². The molecule has 2 heterocycles. The number of hydrogen-bond acceptors (Lipinski definition) is 3. The average molecular weight is 222 g/mol. The third-order valence-electron chi connectivity index (χ3n) is 3.48. The number of aliphatic hydroxyl groups is 1. The van der Waals surface area contributed by atoms with E-state index >= 15 is 0 Å². The molecule has 1 saturated carbocycles. The third-order valence-corrected chi connectivity index (χ3v) is 3.48. The molecular formula is C12H18N2O2. The summed E-state index contributed by atoms with van der Waals surface area (Å²) in [6.07, 6.45) is 9.14. The summed E-state index contributed by atoms with van der Waals surface area (Å²) in [6.45, 7) is 0.824. The fraction of sp³-hybridized carbons (Fsp3) is 0.750. The lowest BCUT2D eigenvalue weighted by molar-refractivity contribution is -0.0396. The van der Waals surface area contributed by atoms with Crippen LogP contribution in [0.15, 0.2) is 12.4 Å². The summed E-state index contributed by atoms with van der Waals surface area (Å²) in [5.74, 6) is 0.463. The van der Waals surface area contributed by atoms with Crippen molar-refractivity contribution in [3.05, 3.63) is 18.0 Å². The first-order chi connectivity index (χ1) is 7.84. The van der Waals surface area contributed by atoms with Crippen molar-refractivity contribution in [3.8, 4) is 0 Å². The lowest BCUT2D eigenvalue weighted by Gasteiger charge is -2.22. The minimum absolute atomic E-state index is 0.0777. The summed E-state index contributed by atoms with van der Waals surface area (Å²) in [7, 11) is 0. The van der Waals surface area contributed by atoms with E-state index in [1.54, 1.807) is 6.20 Å². The summed E-state index contributed by atoms with van der Waals surface area (Å²) in [4.78, 5) is 0. The molecule has 0 amide bonds. The molecule has 1 aliphatic heterocycles. The lowest BCUT2D eigenvalue weighted by Crippen LogP contribution is -2.18. The summed E-state index contributed by atoms with van der Waals surface area (Å²) in [5, 5.41) is 14.3. The Balaban J connectivity index is 1.70. The Bertz CT molecular complexity index is 354. The normalized spacial score (nSPS) is 27.9. The van der Waals surface area contributed by atoms with Gasteiger partial charge >= 0.3 is 0 Å². The summed E-state index contributed by atoms with van der Waals surface area (Å²) < 4.78 is 7.51. The van der Waals surface area contributed by atoms with Crippen LogP contribution in [0, 0.1) is 5.92 Å². The van der Waals surface area contributed by atoms with E-state index in [0.717, 1.165) is 37.9 Å². The molecule has 1 aromatic heterocycles. The molecule has 1 aliphatic carbocycles. The Kier molecular flexibility index (Phi) is 2.69. The first-order valence-corrected chi connectivity index (χ1v) is 6.18. The third kappa shape index (κ3) is 1.99. The zero-order valence-corrected chi connectivity index (χ0v) is 9.38. The Morgan fingerprint density at radius 3 is 2.94 bits per heavy atom. The molecule has 0 radical (unpaired) electrons. The second-order valence-corrected chi connectivity index (χ2v) is 4.86. The van der Waals surface area contributed by atoms with Gasteiger partial charge in [-0.3, -0.25) is 0 Å². The van der Waals surface area contributed by atoms with Gasteiger partial charge in [-0.1, -0.05) is 0 Å². The average Bonchev–Trinajstić information content (AvgIpc) is 3.07. The molecule has 2 atom stereocenters. The second kappa shape index (κ2) is 4.18. The SMILES string of the molecule is OC(c1cnn(C2CCCCO2)c1)C1CC1. The van der Waals surface area contributed by atoms with Crippen LogP contribution in [0.5, 0.6) is 0 Å². The van der Waals surface area contributed by atoms with Crippen molar-refractivity contribution < 1.29 is 9.84 Å². The first-order valence-electron chi connectivity index (χ1n) is 6.18. The molecule has 4 heteroatoms. The zero-order chi connectivity index (χ0) is 11.0. The lowest BCUT2D eigenvalue weighted by atomic mass is 10.1. The van der Waals surface area contributed by atoms with Gasteiger partial charge in [0.05, 0.1) is 12.3 Å². The van der Waals surface area contributed by atoms with Gasteiger partial charge in [-0.2, -0.15) is 5.10 Å². The van der Waals surface area contributed by atoms with Crippen molar-refractivity contribution in [1.29, 1.82) is 0 Å².